The van der Waals surface area contributed by atoms with Gasteiger partial charge in [-0.25, -0.2) is 22.3 Å². The van der Waals surface area contributed by atoms with Gasteiger partial charge in [-0.05, 0) is 24.3 Å². The first kappa shape index (κ1) is 29.9. The van der Waals surface area contributed by atoms with Crippen LogP contribution in [0.2, 0.25) is 0 Å². The lowest BCUT2D eigenvalue weighted by Crippen LogP contribution is -2.52. The number of sulfonamides is 1. The summed E-state index contributed by atoms with van der Waals surface area (Å²) in [5, 5.41) is 8.16. The van der Waals surface area contributed by atoms with Gasteiger partial charge in [-0.1, -0.05) is 23.4 Å². The highest BCUT2D eigenvalue weighted by Crippen LogP contribution is 2.28. The zero-order valence-corrected chi connectivity index (χ0v) is 24.5. The summed E-state index contributed by atoms with van der Waals surface area (Å²) in [5.74, 6) is 0.295. The first-order chi connectivity index (χ1) is 20.3. The SMILES string of the molecule is COc1ccc(C(=O)OCCN2CCN(C3CN(Cc4cn(Cc5ccccc5F)nn4)S(=O)(=O)C3)CC2)cc1OC. The van der Waals surface area contributed by atoms with E-state index in [9.17, 15) is 17.6 Å². The first-order valence-electron chi connectivity index (χ1n) is 13.7. The Kier molecular flexibility index (Phi) is 9.36. The number of esters is 1. The molecule has 1 atom stereocenters. The van der Waals surface area contributed by atoms with Crippen LogP contribution in [0.15, 0.2) is 48.7 Å². The molecule has 226 valence electrons. The van der Waals surface area contributed by atoms with Crippen molar-refractivity contribution in [2.75, 3.05) is 65.8 Å². The molecule has 14 heteroatoms. The van der Waals surface area contributed by atoms with E-state index in [-0.39, 0.29) is 37.3 Å². The molecule has 0 N–H and O–H groups in total. The van der Waals surface area contributed by atoms with Gasteiger partial charge in [0, 0.05) is 50.9 Å². The summed E-state index contributed by atoms with van der Waals surface area (Å²) in [6, 6.07) is 11.2. The molecule has 2 aliphatic heterocycles. The van der Waals surface area contributed by atoms with Crippen LogP contribution in [0.25, 0.3) is 0 Å². The molecule has 0 saturated carbocycles. The second-order valence-corrected chi connectivity index (χ2v) is 12.3. The maximum absolute atomic E-state index is 14.0. The zero-order chi connectivity index (χ0) is 29.7. The Labute approximate surface area is 244 Å². The van der Waals surface area contributed by atoms with E-state index in [0.717, 1.165) is 26.2 Å². The average molecular weight is 603 g/mol. The molecule has 0 amide bonds. The standard InChI is InChI=1S/C28H35FN6O6S/c1-39-26-8-7-21(15-27(26)40-2)28(36)41-14-13-32-9-11-33(12-10-32)24-19-35(42(37,38)20-24)18-23-17-34(31-30-23)16-22-5-3-4-6-25(22)29/h3-8,15,17,24H,9-14,16,18-20H2,1-2H3. The number of nitrogens with zero attached hydrogens (tertiary/aromatic N) is 6. The minimum atomic E-state index is -3.45. The van der Waals surface area contributed by atoms with Gasteiger partial charge >= 0.3 is 5.97 Å². The van der Waals surface area contributed by atoms with E-state index in [1.54, 1.807) is 42.6 Å². The molecule has 0 bridgehead atoms. The molecule has 0 radical (unpaired) electrons. The second-order valence-electron chi connectivity index (χ2n) is 10.3. The van der Waals surface area contributed by atoms with Gasteiger partial charge in [0.2, 0.25) is 10.0 Å². The molecule has 0 spiro atoms. The van der Waals surface area contributed by atoms with Gasteiger partial charge in [-0.3, -0.25) is 9.80 Å². The average Bonchev–Trinajstić information content (AvgIpc) is 3.56. The van der Waals surface area contributed by atoms with E-state index in [2.05, 4.69) is 20.1 Å². The summed E-state index contributed by atoms with van der Waals surface area (Å²) in [6.07, 6.45) is 1.66. The molecule has 2 fully saturated rings. The minimum Gasteiger partial charge on any atom is -0.493 e. The van der Waals surface area contributed by atoms with Crippen LogP contribution < -0.4 is 9.47 Å². The summed E-state index contributed by atoms with van der Waals surface area (Å²) >= 11 is 0. The molecule has 42 heavy (non-hydrogen) atoms. The molecule has 5 rings (SSSR count). The van der Waals surface area contributed by atoms with Gasteiger partial charge in [0.15, 0.2) is 11.5 Å². The summed E-state index contributed by atoms with van der Waals surface area (Å²) < 4.78 is 58.7. The molecule has 2 saturated heterocycles. The largest absolute Gasteiger partial charge is 0.493 e. The van der Waals surface area contributed by atoms with Crippen LogP contribution in [0.4, 0.5) is 4.39 Å². The van der Waals surface area contributed by atoms with Crippen LogP contribution in [0.5, 0.6) is 11.5 Å². The fraction of sp³-hybridized carbons (Fsp3) is 0.464. The molecular formula is C28H35FN6O6S. The van der Waals surface area contributed by atoms with Gasteiger partial charge in [-0.2, -0.15) is 4.31 Å². The molecule has 3 heterocycles. The van der Waals surface area contributed by atoms with Crippen LogP contribution >= 0.6 is 0 Å². The number of benzene rings is 2. The molecule has 0 aliphatic carbocycles. The first-order valence-corrected chi connectivity index (χ1v) is 15.3. The third kappa shape index (κ3) is 7.06. The van der Waals surface area contributed by atoms with E-state index in [0.29, 0.717) is 41.4 Å². The number of aromatic nitrogens is 3. The van der Waals surface area contributed by atoms with Crippen molar-refractivity contribution in [3.05, 3.63) is 71.3 Å². The number of ether oxygens (including phenoxy) is 3. The highest BCUT2D eigenvalue weighted by atomic mass is 32.2. The van der Waals surface area contributed by atoms with Crippen molar-refractivity contribution in [1.82, 2.24) is 29.1 Å². The number of hydrogen-bond donors (Lipinski definition) is 0. The van der Waals surface area contributed by atoms with E-state index in [1.165, 1.54) is 29.3 Å². The molecule has 2 aliphatic rings. The molecule has 3 aromatic rings. The Bertz CT molecular complexity index is 1490. The van der Waals surface area contributed by atoms with E-state index < -0.39 is 16.0 Å². The topological polar surface area (TPSA) is 119 Å². The Morgan fingerprint density at radius 3 is 2.52 bits per heavy atom. The van der Waals surface area contributed by atoms with Gasteiger partial charge < -0.3 is 14.2 Å². The van der Waals surface area contributed by atoms with Crippen molar-refractivity contribution in [3.8, 4) is 11.5 Å². The molecule has 12 nitrogen and oxygen atoms in total. The Balaban J connectivity index is 1.06. The number of carbonyl (C=O) groups is 1. The highest BCUT2D eigenvalue weighted by Gasteiger charge is 2.40. The summed E-state index contributed by atoms with van der Waals surface area (Å²) in [4.78, 5) is 16.9. The molecule has 2 aromatic carbocycles. The van der Waals surface area contributed by atoms with Gasteiger partial charge in [-0.15, -0.1) is 5.10 Å². The van der Waals surface area contributed by atoms with E-state index >= 15 is 0 Å². The number of rotatable bonds is 11. The maximum atomic E-state index is 14.0. The Hall–Kier alpha value is -3.59. The fourth-order valence-electron chi connectivity index (χ4n) is 5.27. The lowest BCUT2D eigenvalue weighted by atomic mass is 10.2. The summed E-state index contributed by atoms with van der Waals surface area (Å²) in [5.41, 5.74) is 1.39. The lowest BCUT2D eigenvalue weighted by Gasteiger charge is -2.37. The van der Waals surface area contributed by atoms with Crippen LogP contribution in [-0.4, -0.2) is 115 Å². The predicted molar refractivity (Wildman–Crippen MR) is 151 cm³/mol. The second kappa shape index (κ2) is 13.2. The van der Waals surface area contributed by atoms with Crippen molar-refractivity contribution >= 4 is 16.0 Å². The number of hydrogen-bond acceptors (Lipinski definition) is 10. The van der Waals surface area contributed by atoms with Crippen molar-refractivity contribution in [3.63, 3.8) is 0 Å². The van der Waals surface area contributed by atoms with Crippen molar-refractivity contribution in [2.45, 2.75) is 19.1 Å². The van der Waals surface area contributed by atoms with E-state index in [1.807, 2.05) is 0 Å². The minimum absolute atomic E-state index is 0.0549. The summed E-state index contributed by atoms with van der Waals surface area (Å²) in [6.45, 7) is 4.49. The predicted octanol–water partition coefficient (Wildman–Crippen LogP) is 1.47. The van der Waals surface area contributed by atoms with Crippen LogP contribution in [0.3, 0.4) is 0 Å². The number of piperazine rings is 1. The van der Waals surface area contributed by atoms with Gasteiger partial charge in [0.05, 0.1) is 50.5 Å². The van der Waals surface area contributed by atoms with Crippen molar-refractivity contribution < 1.29 is 31.8 Å². The Morgan fingerprint density at radius 1 is 1.02 bits per heavy atom. The van der Waals surface area contributed by atoms with Crippen molar-refractivity contribution in [2.24, 2.45) is 0 Å². The number of methoxy groups -OCH3 is 2. The maximum Gasteiger partial charge on any atom is 0.338 e. The van der Waals surface area contributed by atoms with Crippen LogP contribution in [-0.2, 0) is 27.8 Å². The third-order valence-corrected chi connectivity index (χ3v) is 9.48. The van der Waals surface area contributed by atoms with Crippen LogP contribution in [0.1, 0.15) is 21.6 Å². The normalized spacial score (nSPS) is 19.5. The lowest BCUT2D eigenvalue weighted by molar-refractivity contribution is 0.0401. The molecule has 1 unspecified atom stereocenters. The molecule has 1 aromatic heterocycles. The third-order valence-electron chi connectivity index (χ3n) is 7.61. The number of halogens is 1. The van der Waals surface area contributed by atoms with Crippen molar-refractivity contribution in [1.29, 1.82) is 0 Å². The van der Waals surface area contributed by atoms with Gasteiger partial charge in [0.25, 0.3) is 0 Å². The van der Waals surface area contributed by atoms with Crippen LogP contribution in [0, 0.1) is 5.82 Å². The summed E-state index contributed by atoms with van der Waals surface area (Å²) in [7, 11) is -0.406. The smallest absolute Gasteiger partial charge is 0.338 e. The number of carbonyl (C=O) groups excluding carboxylic acids is 1. The monoisotopic (exact) mass is 602 g/mol. The van der Waals surface area contributed by atoms with E-state index in [4.69, 9.17) is 14.2 Å². The zero-order valence-electron chi connectivity index (χ0n) is 23.7. The Morgan fingerprint density at radius 2 is 1.79 bits per heavy atom. The highest BCUT2D eigenvalue weighted by molar-refractivity contribution is 7.89. The quantitative estimate of drug-likeness (QED) is 0.299. The van der Waals surface area contributed by atoms with Gasteiger partial charge in [0.1, 0.15) is 12.4 Å². The molecular weight excluding hydrogens is 567 g/mol. The fourth-order valence-corrected chi connectivity index (χ4v) is 7.01.